The van der Waals surface area contributed by atoms with Crippen molar-refractivity contribution in [2.75, 3.05) is 32.6 Å². The Morgan fingerprint density at radius 3 is 2.70 bits per heavy atom. The number of carbonyl (C=O) groups excluding carboxylic acids is 1. The molecule has 2 aliphatic rings. The van der Waals surface area contributed by atoms with E-state index < -0.39 is 5.60 Å². The molecule has 0 radical (unpaired) electrons. The number of likely N-dealkylation sites (tertiary alicyclic amines) is 1. The molecule has 1 saturated heterocycles. The van der Waals surface area contributed by atoms with Gasteiger partial charge in [0.05, 0.1) is 42.6 Å². The summed E-state index contributed by atoms with van der Waals surface area (Å²) in [6.45, 7) is 0.944. The number of rotatable bonds is 6. The van der Waals surface area contributed by atoms with Gasteiger partial charge in [-0.15, -0.1) is 0 Å². The maximum absolute atomic E-state index is 13.1. The number of halogens is 2. The maximum atomic E-state index is 13.1. The van der Waals surface area contributed by atoms with Gasteiger partial charge in [0.25, 0.3) is 5.91 Å². The van der Waals surface area contributed by atoms with Gasteiger partial charge in [0.1, 0.15) is 17.5 Å². The highest BCUT2D eigenvalue weighted by atomic mass is 35.5. The monoisotopic (exact) mass is 493 g/mol. The van der Waals surface area contributed by atoms with E-state index in [2.05, 4.69) is 5.32 Å². The fraction of sp³-hybridized carbons (Fsp3) is 0.480. The zero-order valence-corrected chi connectivity index (χ0v) is 20.5. The Morgan fingerprint density at radius 1 is 1.15 bits per heavy atom. The summed E-state index contributed by atoms with van der Waals surface area (Å²) in [4.78, 5) is 14.2. The number of amides is 1. The number of hydrogen-bond acceptors (Lipinski definition) is 4. The van der Waals surface area contributed by atoms with Gasteiger partial charge in [-0.25, -0.2) is 0 Å². The summed E-state index contributed by atoms with van der Waals surface area (Å²) < 4.78 is 11.1. The number of fused-ring (bicyclic) bond motifs is 1. The molecule has 33 heavy (non-hydrogen) atoms. The van der Waals surface area contributed by atoms with Crippen LogP contribution in [0.5, 0.6) is 11.5 Å². The van der Waals surface area contributed by atoms with E-state index in [1.165, 1.54) is 0 Å². The normalized spacial score (nSPS) is 26.9. The molecule has 178 valence electrons. The van der Waals surface area contributed by atoms with Crippen LogP contribution in [0.3, 0.4) is 0 Å². The summed E-state index contributed by atoms with van der Waals surface area (Å²) in [5.41, 5.74) is 0.818. The van der Waals surface area contributed by atoms with Gasteiger partial charge in [-0.3, -0.25) is 4.79 Å². The first kappa shape index (κ1) is 24.1. The number of quaternary nitrogens is 1. The third-order valence-corrected chi connectivity index (χ3v) is 7.70. The van der Waals surface area contributed by atoms with Gasteiger partial charge in [0, 0.05) is 23.4 Å². The number of benzene rings is 2. The molecular formula is C25H31Cl2N2O4+. The zero-order chi connectivity index (χ0) is 23.6. The zero-order valence-electron chi connectivity index (χ0n) is 19.0. The van der Waals surface area contributed by atoms with Crippen LogP contribution in [0.15, 0.2) is 36.4 Å². The first-order chi connectivity index (χ1) is 15.8. The molecule has 0 aromatic heterocycles. The Labute approximate surface area is 204 Å². The Hall–Kier alpha value is -1.99. The molecular weight excluding hydrogens is 463 g/mol. The summed E-state index contributed by atoms with van der Waals surface area (Å²) in [5, 5.41) is 15.4. The minimum atomic E-state index is -0.715. The van der Waals surface area contributed by atoms with Crippen LogP contribution in [0.25, 0.3) is 0 Å². The van der Waals surface area contributed by atoms with E-state index in [1.807, 2.05) is 18.2 Å². The van der Waals surface area contributed by atoms with E-state index in [9.17, 15) is 9.90 Å². The molecule has 4 rings (SSSR count). The summed E-state index contributed by atoms with van der Waals surface area (Å²) in [7, 11) is 3.27. The molecule has 8 heteroatoms. The van der Waals surface area contributed by atoms with Crippen molar-refractivity contribution in [3.05, 3.63) is 52.0 Å². The van der Waals surface area contributed by atoms with Gasteiger partial charge in [-0.2, -0.15) is 0 Å². The average molecular weight is 494 g/mol. The first-order valence-electron chi connectivity index (χ1n) is 11.4. The number of ether oxygens (including phenoxy) is 2. The summed E-state index contributed by atoms with van der Waals surface area (Å²) in [5.74, 6) is 1.34. The van der Waals surface area contributed by atoms with E-state index in [1.54, 1.807) is 32.4 Å². The van der Waals surface area contributed by atoms with Crippen LogP contribution in [0.2, 0.25) is 10.0 Å². The SMILES string of the molecule is COc1ccc([C@H]2[C@H]3CCCC[C@@]3(O)CC[NH+]2CC(=O)Nc2ccc(Cl)cc2Cl)c(OC)c1. The molecule has 1 aliphatic heterocycles. The minimum absolute atomic E-state index is 0.0456. The number of aliphatic hydroxyl groups is 1. The van der Waals surface area contributed by atoms with E-state index in [-0.39, 0.29) is 24.4 Å². The topological polar surface area (TPSA) is 72.2 Å². The molecule has 1 heterocycles. The van der Waals surface area contributed by atoms with Gasteiger partial charge < -0.3 is 24.8 Å². The van der Waals surface area contributed by atoms with Crippen LogP contribution >= 0.6 is 23.2 Å². The van der Waals surface area contributed by atoms with E-state index in [0.29, 0.717) is 40.2 Å². The molecule has 1 aliphatic carbocycles. The van der Waals surface area contributed by atoms with Gasteiger partial charge in [-0.05, 0) is 43.2 Å². The van der Waals surface area contributed by atoms with Crippen LogP contribution in [-0.2, 0) is 4.79 Å². The number of piperidine rings is 1. The van der Waals surface area contributed by atoms with Crippen molar-refractivity contribution in [2.45, 2.75) is 43.7 Å². The van der Waals surface area contributed by atoms with Crippen molar-refractivity contribution in [1.29, 1.82) is 0 Å². The molecule has 1 amide bonds. The Kier molecular flexibility index (Phi) is 7.39. The van der Waals surface area contributed by atoms with Crippen LogP contribution < -0.4 is 19.7 Å². The fourth-order valence-corrected chi connectivity index (χ4v) is 6.01. The lowest BCUT2D eigenvalue weighted by Crippen LogP contribution is -3.16. The lowest BCUT2D eigenvalue weighted by molar-refractivity contribution is -0.937. The standard InChI is InChI=1S/C25H30Cl2N2O4/c1-32-17-7-8-18(22(14-17)33-2)24-19-5-3-4-10-25(19,31)11-12-29(24)15-23(30)28-21-9-6-16(26)13-20(21)27/h6-9,13-14,19,24,31H,3-5,10-12,15H2,1-2H3,(H,28,30)/p+1/t19-,24+,25-/m1/s1. The quantitative estimate of drug-likeness (QED) is 0.570. The van der Waals surface area contributed by atoms with E-state index in [4.69, 9.17) is 32.7 Å². The molecule has 4 atom stereocenters. The molecule has 6 nitrogen and oxygen atoms in total. The number of nitrogens with one attached hydrogen (secondary N) is 2. The Bertz CT molecular complexity index is 1020. The van der Waals surface area contributed by atoms with Crippen molar-refractivity contribution in [2.24, 2.45) is 5.92 Å². The number of methoxy groups -OCH3 is 2. The van der Waals surface area contributed by atoms with Gasteiger partial charge in [0.15, 0.2) is 6.54 Å². The third kappa shape index (κ3) is 5.09. The predicted octanol–water partition coefficient (Wildman–Crippen LogP) is 3.90. The highest BCUT2D eigenvalue weighted by Gasteiger charge is 2.52. The molecule has 2 aromatic rings. The Balaban J connectivity index is 1.64. The number of carbonyl (C=O) groups is 1. The molecule has 3 N–H and O–H groups in total. The highest BCUT2D eigenvalue weighted by Crippen LogP contribution is 2.46. The molecule has 2 fully saturated rings. The lowest BCUT2D eigenvalue weighted by Gasteiger charge is -2.50. The Morgan fingerprint density at radius 2 is 1.97 bits per heavy atom. The minimum Gasteiger partial charge on any atom is -0.497 e. The molecule has 0 spiro atoms. The van der Waals surface area contributed by atoms with Crippen molar-refractivity contribution in [1.82, 2.24) is 0 Å². The van der Waals surface area contributed by atoms with Crippen molar-refractivity contribution >= 4 is 34.8 Å². The highest BCUT2D eigenvalue weighted by molar-refractivity contribution is 6.36. The molecule has 1 unspecified atom stereocenters. The van der Waals surface area contributed by atoms with Crippen LogP contribution in [-0.4, -0.2) is 43.9 Å². The predicted molar refractivity (Wildman–Crippen MR) is 130 cm³/mol. The number of anilines is 1. The maximum Gasteiger partial charge on any atom is 0.279 e. The molecule has 0 bridgehead atoms. The number of hydrogen-bond donors (Lipinski definition) is 3. The van der Waals surface area contributed by atoms with Crippen LogP contribution in [0.4, 0.5) is 5.69 Å². The van der Waals surface area contributed by atoms with E-state index >= 15 is 0 Å². The largest absolute Gasteiger partial charge is 0.497 e. The van der Waals surface area contributed by atoms with Gasteiger partial charge in [0.2, 0.25) is 0 Å². The second-order valence-corrected chi connectivity index (χ2v) is 9.89. The fourth-order valence-electron chi connectivity index (χ4n) is 5.56. The summed E-state index contributed by atoms with van der Waals surface area (Å²) in [6.07, 6.45) is 4.50. The summed E-state index contributed by atoms with van der Waals surface area (Å²) >= 11 is 12.2. The van der Waals surface area contributed by atoms with Gasteiger partial charge in [-0.1, -0.05) is 36.0 Å². The second-order valence-electron chi connectivity index (χ2n) is 9.05. The third-order valence-electron chi connectivity index (χ3n) is 7.15. The molecule has 2 aromatic carbocycles. The van der Waals surface area contributed by atoms with Crippen LogP contribution in [0.1, 0.15) is 43.7 Å². The summed E-state index contributed by atoms with van der Waals surface area (Å²) in [6, 6.07) is 10.7. The smallest absolute Gasteiger partial charge is 0.279 e. The second kappa shape index (κ2) is 10.1. The van der Waals surface area contributed by atoms with Crippen molar-refractivity contribution < 1.29 is 24.3 Å². The van der Waals surface area contributed by atoms with Crippen molar-refractivity contribution in [3.63, 3.8) is 0 Å². The van der Waals surface area contributed by atoms with E-state index in [0.717, 1.165) is 36.1 Å². The first-order valence-corrected chi connectivity index (χ1v) is 12.1. The molecule has 1 saturated carbocycles. The van der Waals surface area contributed by atoms with Gasteiger partial charge >= 0.3 is 0 Å². The van der Waals surface area contributed by atoms with Crippen LogP contribution in [0, 0.1) is 5.92 Å². The lowest BCUT2D eigenvalue weighted by atomic mass is 9.66. The van der Waals surface area contributed by atoms with Crippen molar-refractivity contribution in [3.8, 4) is 11.5 Å². The average Bonchev–Trinajstić information content (AvgIpc) is 2.80.